The van der Waals surface area contributed by atoms with Gasteiger partial charge in [-0.05, 0) is 49.6 Å². The number of hydrogen-bond acceptors (Lipinski definition) is 3. The van der Waals surface area contributed by atoms with Gasteiger partial charge in [0.1, 0.15) is 11.6 Å². The summed E-state index contributed by atoms with van der Waals surface area (Å²) in [5.41, 5.74) is 3.31. The number of thiazole rings is 1. The summed E-state index contributed by atoms with van der Waals surface area (Å²) < 4.78 is 23.4. The molecule has 0 bridgehead atoms. The molecule has 134 valence electrons. The fourth-order valence-electron chi connectivity index (χ4n) is 3.96. The number of rotatable bonds is 2. The van der Waals surface area contributed by atoms with Crippen molar-refractivity contribution in [2.24, 2.45) is 0 Å². The van der Waals surface area contributed by atoms with Crippen molar-refractivity contribution in [2.45, 2.75) is 31.9 Å². The molecule has 6 rings (SSSR count). The molecule has 0 spiro atoms. The van der Waals surface area contributed by atoms with Crippen molar-refractivity contribution in [3.63, 3.8) is 0 Å². The van der Waals surface area contributed by atoms with Crippen LogP contribution in [0.2, 0.25) is 0 Å². The van der Waals surface area contributed by atoms with E-state index in [0.717, 1.165) is 27.0 Å². The van der Waals surface area contributed by atoms with Crippen LogP contribution in [0.5, 0.6) is 5.75 Å². The van der Waals surface area contributed by atoms with Gasteiger partial charge in [0, 0.05) is 17.5 Å². The number of halogens is 1. The molecule has 1 fully saturated rings. The lowest BCUT2D eigenvalue weighted by molar-refractivity contribution is 0.175. The smallest absolute Gasteiger partial charge is 0.213 e. The van der Waals surface area contributed by atoms with Gasteiger partial charge in [0.05, 0.1) is 26.7 Å². The first kappa shape index (κ1) is 15.4. The second-order valence-corrected chi connectivity index (χ2v) is 8.52. The summed E-state index contributed by atoms with van der Waals surface area (Å²) in [6, 6.07) is 13.7. The van der Waals surface area contributed by atoms with Gasteiger partial charge in [0.25, 0.3) is 0 Å². The molecule has 0 saturated heterocycles. The number of para-hydroxylation sites is 1. The Morgan fingerprint density at radius 1 is 1.19 bits per heavy atom. The quantitative estimate of drug-likeness (QED) is 0.427. The number of nitrogens with zero attached hydrogens (tertiary/aromatic N) is 2. The average Bonchev–Trinajstić information content (AvgIpc) is 3.25. The Kier molecular flexibility index (Phi) is 3.09. The average molecular weight is 376 g/mol. The third kappa shape index (κ3) is 2.28. The van der Waals surface area contributed by atoms with E-state index in [1.54, 1.807) is 17.4 Å². The van der Waals surface area contributed by atoms with Crippen molar-refractivity contribution in [3.05, 3.63) is 69.9 Å². The van der Waals surface area contributed by atoms with E-state index in [0.29, 0.717) is 17.2 Å². The van der Waals surface area contributed by atoms with E-state index in [9.17, 15) is 4.39 Å². The summed E-state index contributed by atoms with van der Waals surface area (Å²) in [5, 5.41) is 2.27. The summed E-state index contributed by atoms with van der Waals surface area (Å²) in [6.07, 6.45) is 4.06. The molecule has 0 radical (unpaired) electrons. The molecule has 2 aliphatic rings. The van der Waals surface area contributed by atoms with Crippen LogP contribution in [0.4, 0.5) is 4.39 Å². The van der Waals surface area contributed by atoms with Crippen molar-refractivity contribution in [2.75, 3.05) is 0 Å². The maximum atomic E-state index is 14.9. The van der Waals surface area contributed by atoms with Crippen molar-refractivity contribution in [3.8, 4) is 17.0 Å². The lowest BCUT2D eigenvalue weighted by Crippen LogP contribution is -2.22. The second-order valence-electron chi connectivity index (χ2n) is 7.42. The number of fused-ring (bicyclic) bond motifs is 5. The molecule has 1 aliphatic heterocycles. The molecule has 5 heteroatoms. The molecule has 0 N–H and O–H groups in total. The van der Waals surface area contributed by atoms with E-state index < -0.39 is 0 Å². The predicted octanol–water partition coefficient (Wildman–Crippen LogP) is 6.03. The van der Waals surface area contributed by atoms with Gasteiger partial charge in [0.15, 0.2) is 0 Å². The topological polar surface area (TPSA) is 27.1 Å². The molecule has 1 aliphatic carbocycles. The van der Waals surface area contributed by atoms with Crippen molar-refractivity contribution in [1.82, 2.24) is 9.55 Å². The Labute approximate surface area is 160 Å². The highest BCUT2D eigenvalue weighted by Gasteiger charge is 2.34. The van der Waals surface area contributed by atoms with Crippen LogP contribution in [0, 0.1) is 12.7 Å². The Hall–Kier alpha value is -2.66. The van der Waals surface area contributed by atoms with Crippen LogP contribution in [-0.4, -0.2) is 9.55 Å². The van der Waals surface area contributed by atoms with Crippen LogP contribution in [0.3, 0.4) is 0 Å². The number of benzene rings is 2. The zero-order valence-electron chi connectivity index (χ0n) is 14.8. The maximum Gasteiger partial charge on any atom is 0.213 e. The SMILES string of the molecule is Cc1cc(F)c2c(c1)OC(c1cnc(C3CC3)s1)n1c-2cc2ccccc21. The van der Waals surface area contributed by atoms with E-state index in [2.05, 4.69) is 27.8 Å². The van der Waals surface area contributed by atoms with E-state index in [4.69, 9.17) is 4.74 Å². The molecule has 2 aromatic heterocycles. The van der Waals surface area contributed by atoms with Gasteiger partial charge in [-0.1, -0.05) is 18.2 Å². The number of aryl methyl sites for hydroxylation is 1. The fraction of sp³-hybridized carbons (Fsp3) is 0.227. The fourth-order valence-corrected chi connectivity index (χ4v) is 5.07. The highest BCUT2D eigenvalue weighted by Crippen LogP contribution is 2.48. The molecule has 2 aromatic carbocycles. The third-order valence-corrected chi connectivity index (χ3v) is 6.58. The Balaban J connectivity index is 1.62. The first-order valence-corrected chi connectivity index (χ1v) is 10.0. The first-order chi connectivity index (χ1) is 13.2. The van der Waals surface area contributed by atoms with Crippen LogP contribution in [0.1, 0.15) is 40.4 Å². The minimum Gasteiger partial charge on any atom is -0.464 e. The predicted molar refractivity (Wildman–Crippen MR) is 105 cm³/mol. The molecular weight excluding hydrogens is 359 g/mol. The summed E-state index contributed by atoms with van der Waals surface area (Å²) in [6.45, 7) is 1.89. The Morgan fingerprint density at radius 3 is 2.89 bits per heavy atom. The van der Waals surface area contributed by atoms with Crippen LogP contribution in [0.15, 0.2) is 48.7 Å². The summed E-state index contributed by atoms with van der Waals surface area (Å²) in [4.78, 5) is 5.70. The molecule has 3 nitrogen and oxygen atoms in total. The minimum atomic E-state index is -0.321. The van der Waals surface area contributed by atoms with Gasteiger partial charge < -0.3 is 4.74 Å². The highest BCUT2D eigenvalue weighted by atomic mass is 32.1. The number of hydrogen-bond donors (Lipinski definition) is 0. The molecule has 3 heterocycles. The van der Waals surface area contributed by atoms with E-state index >= 15 is 0 Å². The van der Waals surface area contributed by atoms with Crippen LogP contribution in [-0.2, 0) is 0 Å². The first-order valence-electron chi connectivity index (χ1n) is 9.22. The van der Waals surface area contributed by atoms with Crippen molar-refractivity contribution < 1.29 is 9.13 Å². The van der Waals surface area contributed by atoms with E-state index in [1.807, 2.05) is 31.3 Å². The summed E-state index contributed by atoms with van der Waals surface area (Å²) in [5.74, 6) is 0.977. The zero-order valence-corrected chi connectivity index (χ0v) is 15.6. The summed E-state index contributed by atoms with van der Waals surface area (Å²) >= 11 is 1.72. The maximum absolute atomic E-state index is 14.9. The van der Waals surface area contributed by atoms with Crippen LogP contribution >= 0.6 is 11.3 Å². The monoisotopic (exact) mass is 376 g/mol. The van der Waals surface area contributed by atoms with Crippen molar-refractivity contribution in [1.29, 1.82) is 0 Å². The molecule has 0 amide bonds. The Morgan fingerprint density at radius 2 is 2.04 bits per heavy atom. The van der Waals surface area contributed by atoms with Gasteiger partial charge in [0.2, 0.25) is 6.23 Å². The number of ether oxygens (including phenoxy) is 1. The highest BCUT2D eigenvalue weighted by molar-refractivity contribution is 7.11. The van der Waals surface area contributed by atoms with Crippen LogP contribution < -0.4 is 4.74 Å². The summed E-state index contributed by atoms with van der Waals surface area (Å²) in [7, 11) is 0. The largest absolute Gasteiger partial charge is 0.464 e. The normalized spacial score (nSPS) is 18.2. The lowest BCUT2D eigenvalue weighted by atomic mass is 10.1. The van der Waals surface area contributed by atoms with Gasteiger partial charge in [-0.3, -0.25) is 4.57 Å². The van der Waals surface area contributed by atoms with Gasteiger partial charge in [-0.15, -0.1) is 11.3 Å². The van der Waals surface area contributed by atoms with E-state index in [-0.39, 0.29) is 12.0 Å². The zero-order chi connectivity index (χ0) is 18.1. The van der Waals surface area contributed by atoms with Gasteiger partial charge in [-0.2, -0.15) is 0 Å². The molecule has 4 aromatic rings. The molecule has 1 atom stereocenters. The number of aromatic nitrogens is 2. The molecule has 1 unspecified atom stereocenters. The lowest BCUT2D eigenvalue weighted by Gasteiger charge is -2.29. The molecular formula is C22H17FN2OS. The minimum absolute atomic E-state index is 0.240. The standard InChI is InChI=1S/C22H17FN2OS/c1-12-8-15(23)20-17-10-14-4-2-3-5-16(14)25(17)22(26-18(20)9-12)19-11-24-21(27-19)13-6-7-13/h2-5,8-11,13,22H,6-7H2,1H3. The Bertz CT molecular complexity index is 1200. The van der Waals surface area contributed by atoms with Gasteiger partial charge in [-0.25, -0.2) is 9.37 Å². The van der Waals surface area contributed by atoms with E-state index in [1.165, 1.54) is 17.8 Å². The van der Waals surface area contributed by atoms with Gasteiger partial charge >= 0.3 is 0 Å². The molecule has 1 saturated carbocycles. The van der Waals surface area contributed by atoms with Crippen LogP contribution in [0.25, 0.3) is 22.2 Å². The molecule has 27 heavy (non-hydrogen) atoms. The second kappa shape index (κ2) is 5.42. The van der Waals surface area contributed by atoms with Crippen molar-refractivity contribution >= 4 is 22.2 Å². The third-order valence-electron chi connectivity index (χ3n) is 5.39.